The lowest BCUT2D eigenvalue weighted by atomic mass is 10.2. The van der Waals surface area contributed by atoms with Gasteiger partial charge >= 0.3 is 5.69 Å². The Hall–Kier alpha value is -2.43. The van der Waals surface area contributed by atoms with Gasteiger partial charge in [0.05, 0.1) is 11.0 Å². The monoisotopic (exact) mass is 246 g/mol. The number of hydrogen-bond acceptors (Lipinski definition) is 1. The van der Waals surface area contributed by atoms with Crippen molar-refractivity contribution < 1.29 is 8.78 Å². The number of H-pyrrole nitrogens is 1. The van der Waals surface area contributed by atoms with Crippen molar-refractivity contribution in [3.05, 3.63) is 64.6 Å². The van der Waals surface area contributed by atoms with Crippen LogP contribution in [0, 0.1) is 11.6 Å². The third-order valence-corrected chi connectivity index (χ3v) is 2.75. The highest BCUT2D eigenvalue weighted by Gasteiger charge is 2.15. The Morgan fingerprint density at radius 2 is 1.61 bits per heavy atom. The van der Waals surface area contributed by atoms with Crippen molar-refractivity contribution in [2.45, 2.75) is 0 Å². The van der Waals surface area contributed by atoms with E-state index in [4.69, 9.17) is 0 Å². The van der Waals surface area contributed by atoms with Crippen LogP contribution in [0.15, 0.2) is 47.3 Å². The van der Waals surface area contributed by atoms with Gasteiger partial charge in [0.2, 0.25) is 0 Å². The molecular formula is C13H8F2N2O. The van der Waals surface area contributed by atoms with E-state index in [0.717, 1.165) is 16.7 Å². The summed E-state index contributed by atoms with van der Waals surface area (Å²) in [5, 5.41) is 0. The van der Waals surface area contributed by atoms with E-state index >= 15 is 0 Å². The van der Waals surface area contributed by atoms with Crippen LogP contribution >= 0.6 is 0 Å². The van der Waals surface area contributed by atoms with Crippen LogP contribution in [0.2, 0.25) is 0 Å². The van der Waals surface area contributed by atoms with Gasteiger partial charge in [0, 0.05) is 0 Å². The Balaban J connectivity index is 2.46. The molecule has 0 bridgehead atoms. The molecule has 0 radical (unpaired) electrons. The van der Waals surface area contributed by atoms with Crippen LogP contribution in [0.1, 0.15) is 0 Å². The first kappa shape index (κ1) is 10.7. The van der Waals surface area contributed by atoms with Gasteiger partial charge in [0.25, 0.3) is 0 Å². The van der Waals surface area contributed by atoms with Gasteiger partial charge in [-0.25, -0.2) is 13.6 Å². The number of aromatic amines is 1. The van der Waals surface area contributed by atoms with Crippen molar-refractivity contribution in [3.8, 4) is 5.69 Å². The Morgan fingerprint density at radius 1 is 0.944 bits per heavy atom. The summed E-state index contributed by atoms with van der Waals surface area (Å²) in [6.45, 7) is 0. The lowest BCUT2D eigenvalue weighted by Gasteiger charge is -2.05. The van der Waals surface area contributed by atoms with Gasteiger partial charge in [0.15, 0.2) is 0 Å². The van der Waals surface area contributed by atoms with Gasteiger partial charge in [-0.2, -0.15) is 0 Å². The first-order chi connectivity index (χ1) is 8.68. The zero-order valence-corrected chi connectivity index (χ0v) is 9.15. The Labute approximate surface area is 100 Å². The summed E-state index contributed by atoms with van der Waals surface area (Å²) in [5.41, 5.74) is 0.0387. The molecule has 2 aromatic carbocycles. The third-order valence-electron chi connectivity index (χ3n) is 2.75. The van der Waals surface area contributed by atoms with Crippen molar-refractivity contribution in [1.29, 1.82) is 0 Å². The molecule has 3 nitrogen and oxygen atoms in total. The average Bonchev–Trinajstić information content (AvgIpc) is 2.66. The molecule has 18 heavy (non-hydrogen) atoms. The summed E-state index contributed by atoms with van der Waals surface area (Å²) in [6.07, 6.45) is 0. The largest absolute Gasteiger partial charge is 0.331 e. The topological polar surface area (TPSA) is 37.8 Å². The van der Waals surface area contributed by atoms with Crippen LogP contribution in [0.3, 0.4) is 0 Å². The highest BCUT2D eigenvalue weighted by molar-refractivity contribution is 5.77. The number of hydrogen-bond donors (Lipinski definition) is 1. The van der Waals surface area contributed by atoms with E-state index in [0.29, 0.717) is 11.0 Å². The highest BCUT2D eigenvalue weighted by Crippen LogP contribution is 2.20. The second-order valence-electron chi connectivity index (χ2n) is 3.85. The quantitative estimate of drug-likeness (QED) is 0.704. The Bertz CT molecular complexity index is 769. The minimum atomic E-state index is -0.776. The number of fused-ring (bicyclic) bond motifs is 1. The maximum atomic E-state index is 13.7. The second kappa shape index (κ2) is 3.80. The fourth-order valence-electron chi connectivity index (χ4n) is 1.98. The molecule has 0 spiro atoms. The molecule has 90 valence electrons. The van der Waals surface area contributed by atoms with Gasteiger partial charge in [-0.15, -0.1) is 0 Å². The number of halogens is 2. The van der Waals surface area contributed by atoms with Gasteiger partial charge in [-0.3, -0.25) is 4.57 Å². The minimum absolute atomic E-state index is 0.361. The summed E-state index contributed by atoms with van der Waals surface area (Å²) >= 11 is 0. The predicted octanol–water partition coefficient (Wildman–Crippen LogP) is 2.60. The lowest BCUT2D eigenvalue weighted by Crippen LogP contribution is -2.17. The molecule has 0 unspecified atom stereocenters. The van der Waals surface area contributed by atoms with E-state index in [-0.39, 0.29) is 5.69 Å². The van der Waals surface area contributed by atoms with Crippen LogP contribution < -0.4 is 5.69 Å². The summed E-state index contributed by atoms with van der Waals surface area (Å²) in [6, 6.07) is 10.2. The van der Waals surface area contributed by atoms with Crippen molar-refractivity contribution in [1.82, 2.24) is 9.55 Å². The van der Waals surface area contributed by atoms with Gasteiger partial charge in [-0.1, -0.05) is 18.2 Å². The number of imidazole rings is 1. The molecule has 0 atom stereocenters. The van der Waals surface area contributed by atoms with E-state index in [1.165, 1.54) is 6.07 Å². The first-order valence-electron chi connectivity index (χ1n) is 5.32. The van der Waals surface area contributed by atoms with Crippen molar-refractivity contribution in [2.24, 2.45) is 0 Å². The number of nitrogens with one attached hydrogen (secondary N) is 1. The van der Waals surface area contributed by atoms with Crippen LogP contribution in [-0.2, 0) is 0 Å². The van der Waals surface area contributed by atoms with E-state index in [9.17, 15) is 13.6 Å². The van der Waals surface area contributed by atoms with E-state index in [2.05, 4.69) is 4.98 Å². The zero-order valence-electron chi connectivity index (χ0n) is 9.15. The van der Waals surface area contributed by atoms with Crippen LogP contribution in [0.25, 0.3) is 16.7 Å². The Kier molecular flexibility index (Phi) is 2.26. The summed E-state index contributed by atoms with van der Waals surface area (Å²) < 4.78 is 28.4. The molecule has 0 fully saturated rings. The van der Waals surface area contributed by atoms with Crippen molar-refractivity contribution in [2.75, 3.05) is 0 Å². The highest BCUT2D eigenvalue weighted by atomic mass is 19.1. The zero-order chi connectivity index (χ0) is 12.7. The minimum Gasteiger partial charge on any atom is -0.305 e. The smallest absolute Gasteiger partial charge is 0.305 e. The van der Waals surface area contributed by atoms with E-state index < -0.39 is 17.3 Å². The maximum Gasteiger partial charge on any atom is 0.331 e. The molecule has 0 aliphatic rings. The fraction of sp³-hybridized carbons (Fsp3) is 0. The normalized spacial score (nSPS) is 11.0. The van der Waals surface area contributed by atoms with Crippen LogP contribution in [0.4, 0.5) is 8.78 Å². The predicted molar refractivity (Wildman–Crippen MR) is 63.8 cm³/mol. The molecule has 1 heterocycles. The number of nitrogens with zero attached hydrogens (tertiary/aromatic N) is 1. The molecule has 3 rings (SSSR count). The molecule has 1 N–H and O–H groups in total. The molecule has 1 aromatic heterocycles. The van der Waals surface area contributed by atoms with Gasteiger partial charge in [-0.05, 0) is 24.3 Å². The molecule has 5 heteroatoms. The SMILES string of the molecule is O=c1[nH]c2ccccc2n1-c1c(F)cccc1F. The number of para-hydroxylation sites is 3. The number of aromatic nitrogens is 2. The van der Waals surface area contributed by atoms with Gasteiger partial charge in [0.1, 0.15) is 17.3 Å². The first-order valence-corrected chi connectivity index (χ1v) is 5.32. The lowest BCUT2D eigenvalue weighted by molar-refractivity contribution is 0.569. The second-order valence-corrected chi connectivity index (χ2v) is 3.85. The van der Waals surface area contributed by atoms with Crippen LogP contribution in [-0.4, -0.2) is 9.55 Å². The van der Waals surface area contributed by atoms with E-state index in [1.54, 1.807) is 24.3 Å². The molecule has 0 amide bonds. The molecule has 0 saturated carbocycles. The molecule has 0 aliphatic heterocycles. The third kappa shape index (κ3) is 1.44. The number of rotatable bonds is 1. The fourth-order valence-corrected chi connectivity index (χ4v) is 1.98. The molecule has 0 saturated heterocycles. The van der Waals surface area contributed by atoms with Crippen molar-refractivity contribution >= 4 is 11.0 Å². The summed E-state index contributed by atoms with van der Waals surface area (Å²) in [7, 11) is 0. The molecular weight excluding hydrogens is 238 g/mol. The number of benzene rings is 2. The standard InChI is InChI=1S/C13H8F2N2O/c14-8-4-3-5-9(15)12(8)17-11-7-2-1-6-10(11)16-13(17)18/h1-7H,(H,16,18). The maximum absolute atomic E-state index is 13.7. The van der Waals surface area contributed by atoms with Gasteiger partial charge < -0.3 is 4.98 Å². The van der Waals surface area contributed by atoms with Crippen molar-refractivity contribution in [3.63, 3.8) is 0 Å². The molecule has 3 aromatic rings. The average molecular weight is 246 g/mol. The Morgan fingerprint density at radius 3 is 2.33 bits per heavy atom. The summed E-state index contributed by atoms with van der Waals surface area (Å²) in [4.78, 5) is 14.4. The van der Waals surface area contributed by atoms with Crippen LogP contribution in [0.5, 0.6) is 0 Å². The van der Waals surface area contributed by atoms with E-state index in [1.807, 2.05) is 0 Å². The summed E-state index contributed by atoms with van der Waals surface area (Å²) in [5.74, 6) is -1.55. The molecule has 0 aliphatic carbocycles.